The van der Waals surface area contributed by atoms with E-state index in [-0.39, 0.29) is 24.6 Å². The predicted octanol–water partition coefficient (Wildman–Crippen LogP) is 0.721. The van der Waals surface area contributed by atoms with Gasteiger partial charge < -0.3 is 15.0 Å². The fourth-order valence-corrected chi connectivity index (χ4v) is 2.20. The maximum absolute atomic E-state index is 14.0. The molecule has 5 nitrogen and oxygen atoms in total. The van der Waals surface area contributed by atoms with E-state index in [1.165, 1.54) is 18.0 Å². The molecule has 1 aromatic carbocycles. The molecule has 1 atom stereocenters. The van der Waals surface area contributed by atoms with E-state index >= 15 is 0 Å². The highest BCUT2D eigenvalue weighted by Gasteiger charge is 2.33. The largest absolute Gasteiger partial charge is 0.377 e. The Kier molecular flexibility index (Phi) is 4.34. The van der Waals surface area contributed by atoms with Gasteiger partial charge in [-0.05, 0) is 18.6 Å². The molecule has 1 N–H and O–H groups in total. The molecule has 6 heteroatoms. The maximum atomic E-state index is 14.0. The van der Waals surface area contributed by atoms with Gasteiger partial charge in [0, 0.05) is 13.6 Å². The van der Waals surface area contributed by atoms with Gasteiger partial charge in [0.25, 0.3) is 5.91 Å². The van der Waals surface area contributed by atoms with E-state index in [1.807, 2.05) is 0 Å². The van der Waals surface area contributed by atoms with Crippen LogP contribution in [0.5, 0.6) is 0 Å². The zero-order valence-electron chi connectivity index (χ0n) is 11.5. The summed E-state index contributed by atoms with van der Waals surface area (Å²) < 4.78 is 19.3. The van der Waals surface area contributed by atoms with E-state index in [1.54, 1.807) is 19.1 Å². The van der Waals surface area contributed by atoms with E-state index < -0.39 is 17.8 Å². The third-order valence-corrected chi connectivity index (χ3v) is 3.36. The van der Waals surface area contributed by atoms with Crippen LogP contribution < -0.4 is 5.32 Å². The smallest absolute Gasteiger partial charge is 0.257 e. The van der Waals surface area contributed by atoms with Crippen molar-refractivity contribution < 1.29 is 18.7 Å². The first kappa shape index (κ1) is 14.5. The van der Waals surface area contributed by atoms with Crippen molar-refractivity contribution in [2.24, 2.45) is 0 Å². The summed E-state index contributed by atoms with van der Waals surface area (Å²) in [6, 6.07) is 3.94. The average molecular weight is 280 g/mol. The van der Waals surface area contributed by atoms with Crippen molar-refractivity contribution in [3.63, 3.8) is 0 Å². The average Bonchev–Trinajstić information content (AvgIpc) is 2.48. The number of ether oxygens (including phenoxy) is 1. The van der Waals surface area contributed by atoms with Crippen LogP contribution in [0, 0.1) is 12.7 Å². The number of nitrogens with zero attached hydrogens (tertiary/aromatic N) is 1. The molecule has 0 aliphatic carbocycles. The Hall–Kier alpha value is -1.95. The second-order valence-corrected chi connectivity index (χ2v) is 4.64. The number of benzene rings is 1. The fourth-order valence-electron chi connectivity index (χ4n) is 2.20. The number of hydrogen-bond acceptors (Lipinski definition) is 3. The lowest BCUT2D eigenvalue weighted by atomic mass is 10.1. The fraction of sp³-hybridized carbons (Fsp3) is 0.429. The highest BCUT2D eigenvalue weighted by Crippen LogP contribution is 2.17. The summed E-state index contributed by atoms with van der Waals surface area (Å²) in [5.74, 6) is -1.34. The van der Waals surface area contributed by atoms with Crippen LogP contribution in [0.15, 0.2) is 18.2 Å². The molecule has 2 amide bonds. The Morgan fingerprint density at radius 2 is 2.20 bits per heavy atom. The van der Waals surface area contributed by atoms with E-state index in [2.05, 4.69) is 5.32 Å². The molecule has 1 aromatic rings. The van der Waals surface area contributed by atoms with Crippen LogP contribution in [0.4, 0.5) is 4.39 Å². The minimum Gasteiger partial charge on any atom is -0.377 e. The van der Waals surface area contributed by atoms with Crippen molar-refractivity contribution in [2.45, 2.75) is 13.0 Å². The van der Waals surface area contributed by atoms with Crippen LogP contribution in [0.2, 0.25) is 0 Å². The number of aryl methyl sites for hydroxylation is 1. The van der Waals surface area contributed by atoms with Gasteiger partial charge in [0.05, 0.1) is 18.8 Å². The molecule has 108 valence electrons. The van der Waals surface area contributed by atoms with Crippen molar-refractivity contribution in [1.82, 2.24) is 10.2 Å². The number of carbonyl (C=O) groups excluding carboxylic acids is 2. The van der Waals surface area contributed by atoms with Gasteiger partial charge in [0.15, 0.2) is 0 Å². The lowest BCUT2D eigenvalue weighted by molar-refractivity contribution is -0.130. The highest BCUT2D eigenvalue weighted by molar-refractivity contribution is 5.98. The molecular formula is C14H17FN2O3. The number of carbonyl (C=O) groups is 2. The van der Waals surface area contributed by atoms with Gasteiger partial charge >= 0.3 is 0 Å². The Bertz CT molecular complexity index is 533. The van der Waals surface area contributed by atoms with Gasteiger partial charge in [-0.15, -0.1) is 0 Å². The van der Waals surface area contributed by atoms with Crippen LogP contribution >= 0.6 is 0 Å². The molecule has 0 bridgehead atoms. The molecule has 0 aromatic heterocycles. The zero-order chi connectivity index (χ0) is 14.7. The van der Waals surface area contributed by atoms with Gasteiger partial charge in [-0.1, -0.05) is 12.1 Å². The molecule has 1 heterocycles. The molecule has 0 radical (unpaired) electrons. The molecule has 20 heavy (non-hydrogen) atoms. The van der Waals surface area contributed by atoms with Gasteiger partial charge in [-0.3, -0.25) is 9.59 Å². The monoisotopic (exact) mass is 280 g/mol. The number of amides is 2. The van der Waals surface area contributed by atoms with E-state index in [0.29, 0.717) is 12.2 Å². The Morgan fingerprint density at radius 1 is 1.45 bits per heavy atom. The van der Waals surface area contributed by atoms with Gasteiger partial charge in [0.2, 0.25) is 5.91 Å². The highest BCUT2D eigenvalue weighted by atomic mass is 19.1. The topological polar surface area (TPSA) is 58.6 Å². The standard InChI is InChI=1S/C14H17FN2O3/c1-9-4-3-5-10(12(9)15)14(19)17-6-7-20-8-11(17)13(18)16-2/h3-5,11H,6-8H2,1-2H3,(H,16,18). The number of likely N-dealkylation sites (N-methyl/N-ethyl adjacent to an activating group) is 1. The molecular weight excluding hydrogens is 263 g/mol. The zero-order valence-corrected chi connectivity index (χ0v) is 11.5. The van der Waals surface area contributed by atoms with Crippen molar-refractivity contribution in [1.29, 1.82) is 0 Å². The Morgan fingerprint density at radius 3 is 2.90 bits per heavy atom. The number of rotatable bonds is 2. The van der Waals surface area contributed by atoms with Crippen LogP contribution in [0.1, 0.15) is 15.9 Å². The normalized spacial score (nSPS) is 18.8. The first-order chi connectivity index (χ1) is 9.56. The van der Waals surface area contributed by atoms with Crippen LogP contribution in [0.3, 0.4) is 0 Å². The van der Waals surface area contributed by atoms with Gasteiger partial charge in [-0.2, -0.15) is 0 Å². The van der Waals surface area contributed by atoms with E-state index in [9.17, 15) is 14.0 Å². The minimum atomic E-state index is -0.721. The van der Waals surface area contributed by atoms with E-state index in [0.717, 1.165) is 0 Å². The van der Waals surface area contributed by atoms with Crippen molar-refractivity contribution >= 4 is 11.8 Å². The van der Waals surface area contributed by atoms with Crippen LogP contribution in [0.25, 0.3) is 0 Å². The quantitative estimate of drug-likeness (QED) is 0.868. The molecule has 1 saturated heterocycles. The van der Waals surface area contributed by atoms with Crippen LogP contribution in [-0.4, -0.2) is 49.6 Å². The van der Waals surface area contributed by atoms with Crippen molar-refractivity contribution in [2.75, 3.05) is 26.8 Å². The molecule has 0 saturated carbocycles. The summed E-state index contributed by atoms with van der Waals surface area (Å²) in [6.45, 7) is 2.33. The third kappa shape index (κ3) is 2.65. The summed E-state index contributed by atoms with van der Waals surface area (Å²) in [6.07, 6.45) is 0. The van der Waals surface area contributed by atoms with Gasteiger partial charge in [-0.25, -0.2) is 4.39 Å². The molecule has 0 spiro atoms. The van der Waals surface area contributed by atoms with Gasteiger partial charge in [0.1, 0.15) is 11.9 Å². The Labute approximate surface area is 116 Å². The molecule has 1 aliphatic heterocycles. The summed E-state index contributed by atoms with van der Waals surface area (Å²) in [7, 11) is 1.49. The second-order valence-electron chi connectivity index (χ2n) is 4.64. The molecule has 1 unspecified atom stereocenters. The minimum absolute atomic E-state index is 0.0131. The third-order valence-electron chi connectivity index (χ3n) is 3.36. The van der Waals surface area contributed by atoms with Crippen molar-refractivity contribution in [3.05, 3.63) is 35.1 Å². The maximum Gasteiger partial charge on any atom is 0.257 e. The SMILES string of the molecule is CNC(=O)C1COCCN1C(=O)c1cccc(C)c1F. The number of nitrogens with one attached hydrogen (secondary N) is 1. The van der Waals surface area contributed by atoms with E-state index in [4.69, 9.17) is 4.74 Å². The number of hydrogen-bond donors (Lipinski definition) is 1. The second kappa shape index (κ2) is 6.00. The predicted molar refractivity (Wildman–Crippen MR) is 70.8 cm³/mol. The first-order valence-corrected chi connectivity index (χ1v) is 6.41. The lowest BCUT2D eigenvalue weighted by Gasteiger charge is -2.34. The number of halogens is 1. The molecule has 1 aliphatic rings. The molecule has 1 fully saturated rings. The summed E-state index contributed by atoms with van der Waals surface area (Å²) in [4.78, 5) is 25.6. The van der Waals surface area contributed by atoms with Crippen LogP contribution in [-0.2, 0) is 9.53 Å². The summed E-state index contributed by atoms with van der Waals surface area (Å²) in [5, 5.41) is 2.49. The summed E-state index contributed by atoms with van der Waals surface area (Å²) in [5.41, 5.74) is 0.390. The lowest BCUT2D eigenvalue weighted by Crippen LogP contribution is -2.55. The summed E-state index contributed by atoms with van der Waals surface area (Å²) >= 11 is 0. The number of morpholine rings is 1. The molecule has 2 rings (SSSR count). The Balaban J connectivity index is 2.30. The first-order valence-electron chi connectivity index (χ1n) is 6.41. The van der Waals surface area contributed by atoms with Crippen molar-refractivity contribution in [3.8, 4) is 0 Å².